The van der Waals surface area contributed by atoms with Crippen molar-refractivity contribution in [3.8, 4) is 11.5 Å². The van der Waals surface area contributed by atoms with Crippen LogP contribution in [-0.2, 0) is 14.8 Å². The molecule has 0 amide bonds. The fourth-order valence-corrected chi connectivity index (χ4v) is 3.82. The second-order valence-corrected chi connectivity index (χ2v) is 7.68. The fourth-order valence-electron chi connectivity index (χ4n) is 2.55. The van der Waals surface area contributed by atoms with Crippen LogP contribution in [-0.4, -0.2) is 42.3 Å². The molecular weight excluding hydrogens is 370 g/mol. The zero-order valence-corrected chi connectivity index (χ0v) is 16.8. The van der Waals surface area contributed by atoms with Crippen molar-refractivity contribution in [3.05, 3.63) is 47.5 Å². The Bertz CT molecular complexity index is 939. The van der Waals surface area contributed by atoms with Gasteiger partial charge in [0.05, 0.1) is 37.0 Å². The van der Waals surface area contributed by atoms with Crippen LogP contribution in [0, 0.1) is 6.92 Å². The minimum atomic E-state index is -3.88. The van der Waals surface area contributed by atoms with Crippen molar-refractivity contribution in [1.29, 1.82) is 0 Å². The molecule has 0 aliphatic carbocycles. The second-order valence-electron chi connectivity index (χ2n) is 5.71. The van der Waals surface area contributed by atoms with E-state index < -0.39 is 16.0 Å². The average Bonchev–Trinajstić information content (AvgIpc) is 2.67. The Morgan fingerprint density at radius 1 is 1.04 bits per heavy atom. The first-order valence-corrected chi connectivity index (χ1v) is 9.69. The lowest BCUT2D eigenvalue weighted by Gasteiger charge is -2.22. The molecule has 0 radical (unpaired) electrons. The minimum absolute atomic E-state index is 0.0450. The number of anilines is 1. The van der Waals surface area contributed by atoms with Gasteiger partial charge in [-0.1, -0.05) is 6.07 Å². The molecular formula is C19H23NO6S. The van der Waals surface area contributed by atoms with Crippen molar-refractivity contribution in [2.45, 2.75) is 18.7 Å². The topological polar surface area (TPSA) is 82.1 Å². The van der Waals surface area contributed by atoms with E-state index in [1.54, 1.807) is 26.0 Å². The zero-order valence-electron chi connectivity index (χ0n) is 16.0. The van der Waals surface area contributed by atoms with Crippen molar-refractivity contribution in [3.63, 3.8) is 0 Å². The van der Waals surface area contributed by atoms with Gasteiger partial charge in [-0.05, 0) is 43.7 Å². The smallest absolute Gasteiger partial charge is 0.338 e. The standard InChI is InChI=1S/C19H23NO6S/c1-6-26-19(21)14-8-7-13(2)16(11-14)20(3)27(22,23)15-9-10-17(24-4)18(12-15)25-5/h7-12H,6H2,1-5H3. The number of benzene rings is 2. The van der Waals surface area contributed by atoms with E-state index in [0.717, 1.165) is 4.31 Å². The van der Waals surface area contributed by atoms with Crippen LogP contribution in [0.25, 0.3) is 0 Å². The third-order valence-corrected chi connectivity index (χ3v) is 5.84. The first kappa shape index (κ1) is 20.6. The first-order valence-electron chi connectivity index (χ1n) is 8.25. The van der Waals surface area contributed by atoms with Gasteiger partial charge in [0.15, 0.2) is 11.5 Å². The van der Waals surface area contributed by atoms with Crippen LogP contribution in [0.15, 0.2) is 41.3 Å². The Labute approximate surface area is 159 Å². The molecule has 0 spiro atoms. The number of nitrogens with zero attached hydrogens (tertiary/aromatic N) is 1. The number of rotatable bonds is 7. The number of hydrogen-bond donors (Lipinski definition) is 0. The van der Waals surface area contributed by atoms with Crippen LogP contribution in [0.5, 0.6) is 11.5 Å². The lowest BCUT2D eigenvalue weighted by Crippen LogP contribution is -2.27. The van der Waals surface area contributed by atoms with Gasteiger partial charge >= 0.3 is 5.97 Å². The molecule has 0 atom stereocenters. The summed E-state index contributed by atoms with van der Waals surface area (Å²) >= 11 is 0. The SMILES string of the molecule is CCOC(=O)c1ccc(C)c(N(C)S(=O)(=O)c2ccc(OC)c(OC)c2)c1. The molecule has 0 fully saturated rings. The highest BCUT2D eigenvalue weighted by molar-refractivity contribution is 7.92. The number of carbonyl (C=O) groups is 1. The van der Waals surface area contributed by atoms with Gasteiger partial charge in [0.25, 0.3) is 10.0 Å². The van der Waals surface area contributed by atoms with E-state index in [9.17, 15) is 13.2 Å². The predicted molar refractivity (Wildman–Crippen MR) is 102 cm³/mol. The molecule has 0 aliphatic heterocycles. The van der Waals surface area contributed by atoms with Crippen molar-refractivity contribution in [2.75, 3.05) is 32.2 Å². The van der Waals surface area contributed by atoms with E-state index in [1.165, 1.54) is 45.5 Å². The molecule has 0 N–H and O–H groups in total. The highest BCUT2D eigenvalue weighted by Crippen LogP contribution is 2.32. The van der Waals surface area contributed by atoms with E-state index >= 15 is 0 Å². The Hall–Kier alpha value is -2.74. The first-order chi connectivity index (χ1) is 12.8. The van der Waals surface area contributed by atoms with Gasteiger partial charge < -0.3 is 14.2 Å². The summed E-state index contributed by atoms with van der Waals surface area (Å²) in [7, 11) is 0.463. The van der Waals surface area contributed by atoms with E-state index in [-0.39, 0.29) is 17.1 Å². The maximum absolute atomic E-state index is 13.1. The van der Waals surface area contributed by atoms with Crippen LogP contribution < -0.4 is 13.8 Å². The third-order valence-electron chi connectivity index (χ3n) is 4.07. The Kier molecular flexibility index (Phi) is 6.32. The molecule has 2 aromatic carbocycles. The van der Waals surface area contributed by atoms with Gasteiger partial charge in [-0.15, -0.1) is 0 Å². The summed E-state index contributed by atoms with van der Waals surface area (Å²) in [5.74, 6) is 0.235. The Morgan fingerprint density at radius 3 is 2.30 bits per heavy atom. The van der Waals surface area contributed by atoms with Crippen LogP contribution in [0.3, 0.4) is 0 Å². The van der Waals surface area contributed by atoms with Crippen LogP contribution in [0.2, 0.25) is 0 Å². The lowest BCUT2D eigenvalue weighted by molar-refractivity contribution is 0.0526. The van der Waals surface area contributed by atoms with Gasteiger partial charge in [0.2, 0.25) is 0 Å². The Balaban J connectivity index is 2.48. The van der Waals surface area contributed by atoms with Gasteiger partial charge in [0, 0.05) is 13.1 Å². The summed E-state index contributed by atoms with van der Waals surface area (Å²) < 4.78 is 42.6. The number of carbonyl (C=O) groups excluding carboxylic acids is 1. The van der Waals surface area contributed by atoms with Crippen molar-refractivity contribution in [1.82, 2.24) is 0 Å². The number of sulfonamides is 1. The Morgan fingerprint density at radius 2 is 1.70 bits per heavy atom. The summed E-state index contributed by atoms with van der Waals surface area (Å²) in [5.41, 5.74) is 1.37. The lowest BCUT2D eigenvalue weighted by atomic mass is 10.1. The van der Waals surface area contributed by atoms with E-state index in [4.69, 9.17) is 14.2 Å². The normalized spacial score (nSPS) is 11.0. The number of methoxy groups -OCH3 is 2. The quantitative estimate of drug-likeness (QED) is 0.673. The number of hydrogen-bond acceptors (Lipinski definition) is 6. The molecule has 0 unspecified atom stereocenters. The summed E-state index contributed by atoms with van der Waals surface area (Å²) in [5, 5.41) is 0. The van der Waals surface area contributed by atoms with Crippen molar-refractivity contribution in [2.24, 2.45) is 0 Å². The molecule has 0 bridgehead atoms. The summed E-state index contributed by atoms with van der Waals surface area (Å²) in [6.07, 6.45) is 0. The molecule has 2 aromatic rings. The second kappa shape index (κ2) is 8.30. The molecule has 0 saturated heterocycles. The van der Waals surface area contributed by atoms with Gasteiger partial charge in [-0.25, -0.2) is 13.2 Å². The molecule has 0 aromatic heterocycles. The minimum Gasteiger partial charge on any atom is -0.493 e. The molecule has 27 heavy (non-hydrogen) atoms. The number of ether oxygens (including phenoxy) is 3. The number of esters is 1. The van der Waals surface area contributed by atoms with Gasteiger partial charge in [-0.2, -0.15) is 0 Å². The maximum Gasteiger partial charge on any atom is 0.338 e. The maximum atomic E-state index is 13.1. The summed E-state index contributed by atoms with van der Waals surface area (Å²) in [6, 6.07) is 9.16. The molecule has 146 valence electrons. The van der Waals surface area contributed by atoms with Crippen LogP contribution in [0.1, 0.15) is 22.8 Å². The highest BCUT2D eigenvalue weighted by Gasteiger charge is 2.25. The fraction of sp³-hybridized carbons (Fsp3) is 0.316. The highest BCUT2D eigenvalue weighted by atomic mass is 32.2. The van der Waals surface area contributed by atoms with Gasteiger partial charge in [-0.3, -0.25) is 4.31 Å². The monoisotopic (exact) mass is 393 g/mol. The van der Waals surface area contributed by atoms with E-state index in [2.05, 4.69) is 0 Å². The van der Waals surface area contributed by atoms with Crippen molar-refractivity contribution < 1.29 is 27.4 Å². The molecule has 8 heteroatoms. The van der Waals surface area contributed by atoms with Crippen LogP contribution in [0.4, 0.5) is 5.69 Å². The molecule has 2 rings (SSSR count). The number of aryl methyl sites for hydroxylation is 1. The van der Waals surface area contributed by atoms with Crippen molar-refractivity contribution >= 4 is 21.7 Å². The third kappa shape index (κ3) is 4.16. The van der Waals surface area contributed by atoms with E-state index in [1.807, 2.05) is 0 Å². The zero-order chi connectivity index (χ0) is 20.2. The predicted octanol–water partition coefficient (Wildman–Crippen LogP) is 3.01. The summed E-state index contributed by atoms with van der Waals surface area (Å²) in [6.45, 7) is 3.72. The molecule has 7 nitrogen and oxygen atoms in total. The average molecular weight is 393 g/mol. The molecule has 0 heterocycles. The largest absolute Gasteiger partial charge is 0.493 e. The molecule has 0 aliphatic rings. The molecule has 0 saturated carbocycles. The van der Waals surface area contributed by atoms with E-state index in [0.29, 0.717) is 22.7 Å². The summed E-state index contributed by atoms with van der Waals surface area (Å²) in [4.78, 5) is 12.0. The van der Waals surface area contributed by atoms with Crippen LogP contribution >= 0.6 is 0 Å². The van der Waals surface area contributed by atoms with Gasteiger partial charge in [0.1, 0.15) is 0 Å².